The number of piperidine rings is 1. The van der Waals surface area contributed by atoms with E-state index in [2.05, 4.69) is 17.3 Å². The molecule has 0 saturated carbocycles. The van der Waals surface area contributed by atoms with Gasteiger partial charge in [0.05, 0.1) is 12.7 Å². The van der Waals surface area contributed by atoms with E-state index in [1.165, 1.54) is 25.8 Å². The van der Waals surface area contributed by atoms with Gasteiger partial charge in [0.15, 0.2) is 0 Å². The zero-order valence-corrected chi connectivity index (χ0v) is 10.3. The standard InChI is InChI=1S/C12H24N2O2/c1-14-6-3-2-4-11(14)8-13-9-12-5-7-15-10-16-12/h11-13H,2-10H2,1H3. The van der Waals surface area contributed by atoms with Crippen molar-refractivity contribution in [1.82, 2.24) is 10.2 Å². The molecular weight excluding hydrogens is 204 g/mol. The Kier molecular flexibility index (Phi) is 5.03. The molecule has 0 aliphatic carbocycles. The van der Waals surface area contributed by atoms with E-state index in [0.717, 1.165) is 26.1 Å². The minimum atomic E-state index is 0.350. The van der Waals surface area contributed by atoms with Crippen LogP contribution in [-0.4, -0.2) is 57.1 Å². The van der Waals surface area contributed by atoms with E-state index in [1.54, 1.807) is 0 Å². The summed E-state index contributed by atoms with van der Waals surface area (Å²) in [6.45, 7) is 4.62. The first kappa shape index (κ1) is 12.3. The fraction of sp³-hybridized carbons (Fsp3) is 1.00. The molecule has 2 rings (SSSR count). The zero-order valence-electron chi connectivity index (χ0n) is 10.3. The molecule has 0 bridgehead atoms. The van der Waals surface area contributed by atoms with E-state index < -0.39 is 0 Å². The van der Waals surface area contributed by atoms with Crippen LogP contribution in [0.4, 0.5) is 0 Å². The third-order valence-electron chi connectivity index (χ3n) is 3.64. The van der Waals surface area contributed by atoms with Crippen molar-refractivity contribution in [1.29, 1.82) is 0 Å². The molecule has 4 heteroatoms. The SMILES string of the molecule is CN1CCCCC1CNCC1CCOCO1. The van der Waals surface area contributed by atoms with Gasteiger partial charge in [0.1, 0.15) is 6.79 Å². The first-order valence-electron chi connectivity index (χ1n) is 6.46. The van der Waals surface area contributed by atoms with Crippen molar-refractivity contribution in [2.24, 2.45) is 0 Å². The van der Waals surface area contributed by atoms with Crippen molar-refractivity contribution < 1.29 is 9.47 Å². The van der Waals surface area contributed by atoms with Gasteiger partial charge in [-0.05, 0) is 32.9 Å². The number of likely N-dealkylation sites (tertiary alicyclic amines) is 1. The van der Waals surface area contributed by atoms with Gasteiger partial charge in [-0.25, -0.2) is 0 Å². The molecule has 0 amide bonds. The van der Waals surface area contributed by atoms with Crippen molar-refractivity contribution in [3.63, 3.8) is 0 Å². The zero-order chi connectivity index (χ0) is 11.2. The molecule has 1 N–H and O–H groups in total. The van der Waals surface area contributed by atoms with Gasteiger partial charge in [0, 0.05) is 19.1 Å². The quantitative estimate of drug-likeness (QED) is 0.772. The predicted molar refractivity (Wildman–Crippen MR) is 63.4 cm³/mol. The molecule has 0 aromatic heterocycles. The van der Waals surface area contributed by atoms with Gasteiger partial charge in [-0.1, -0.05) is 6.42 Å². The van der Waals surface area contributed by atoms with Crippen LogP contribution in [0.25, 0.3) is 0 Å². The molecule has 0 aromatic rings. The molecule has 16 heavy (non-hydrogen) atoms. The molecule has 0 spiro atoms. The second kappa shape index (κ2) is 6.55. The Morgan fingerprint density at radius 1 is 1.25 bits per heavy atom. The number of hydrogen-bond donors (Lipinski definition) is 1. The molecule has 2 aliphatic rings. The second-order valence-corrected chi connectivity index (χ2v) is 4.89. The fourth-order valence-electron chi connectivity index (χ4n) is 2.48. The Hall–Kier alpha value is -0.160. The summed E-state index contributed by atoms with van der Waals surface area (Å²) < 4.78 is 10.7. The van der Waals surface area contributed by atoms with E-state index in [1.807, 2.05) is 0 Å². The summed E-state index contributed by atoms with van der Waals surface area (Å²) >= 11 is 0. The summed E-state index contributed by atoms with van der Waals surface area (Å²) in [4.78, 5) is 2.47. The average molecular weight is 228 g/mol. The summed E-state index contributed by atoms with van der Waals surface area (Å²) in [6, 6.07) is 0.716. The van der Waals surface area contributed by atoms with E-state index >= 15 is 0 Å². The van der Waals surface area contributed by atoms with E-state index in [9.17, 15) is 0 Å². The number of likely N-dealkylation sites (N-methyl/N-ethyl adjacent to an activating group) is 1. The molecule has 2 heterocycles. The van der Waals surface area contributed by atoms with Gasteiger partial charge in [-0.15, -0.1) is 0 Å². The van der Waals surface area contributed by atoms with E-state index in [-0.39, 0.29) is 0 Å². The van der Waals surface area contributed by atoms with Crippen molar-refractivity contribution in [3.8, 4) is 0 Å². The maximum atomic E-state index is 5.50. The number of ether oxygens (including phenoxy) is 2. The van der Waals surface area contributed by atoms with Crippen LogP contribution in [0.3, 0.4) is 0 Å². The summed E-state index contributed by atoms with van der Waals surface area (Å²) in [6.07, 6.45) is 5.44. The van der Waals surface area contributed by atoms with Gasteiger partial charge in [-0.3, -0.25) is 0 Å². The lowest BCUT2D eigenvalue weighted by Gasteiger charge is -2.33. The largest absolute Gasteiger partial charge is 0.355 e. The third kappa shape index (κ3) is 3.70. The van der Waals surface area contributed by atoms with Crippen LogP contribution in [0.15, 0.2) is 0 Å². The normalized spacial score (nSPS) is 32.8. The Morgan fingerprint density at radius 2 is 2.19 bits per heavy atom. The number of rotatable bonds is 4. The van der Waals surface area contributed by atoms with Gasteiger partial charge >= 0.3 is 0 Å². The Bertz CT molecular complexity index is 195. The van der Waals surface area contributed by atoms with Crippen LogP contribution >= 0.6 is 0 Å². The van der Waals surface area contributed by atoms with Gasteiger partial charge in [0.25, 0.3) is 0 Å². The van der Waals surface area contributed by atoms with Crippen LogP contribution in [0.5, 0.6) is 0 Å². The Labute approximate surface area is 98.3 Å². The monoisotopic (exact) mass is 228 g/mol. The third-order valence-corrected chi connectivity index (χ3v) is 3.64. The lowest BCUT2D eigenvalue weighted by atomic mass is 10.0. The molecule has 2 fully saturated rings. The van der Waals surface area contributed by atoms with Gasteiger partial charge < -0.3 is 19.7 Å². The minimum Gasteiger partial charge on any atom is -0.355 e. The molecule has 0 radical (unpaired) electrons. The predicted octanol–water partition coefficient (Wildman–Crippen LogP) is 0.823. The van der Waals surface area contributed by atoms with Gasteiger partial charge in [0.2, 0.25) is 0 Å². The molecule has 4 nitrogen and oxygen atoms in total. The molecule has 2 unspecified atom stereocenters. The van der Waals surface area contributed by atoms with Crippen LogP contribution in [0.1, 0.15) is 25.7 Å². The molecule has 2 saturated heterocycles. The highest BCUT2D eigenvalue weighted by atomic mass is 16.7. The van der Waals surface area contributed by atoms with Crippen LogP contribution in [0, 0.1) is 0 Å². The number of hydrogen-bond acceptors (Lipinski definition) is 4. The van der Waals surface area contributed by atoms with E-state index in [0.29, 0.717) is 18.9 Å². The maximum absolute atomic E-state index is 5.50. The summed E-state index contributed by atoms with van der Waals surface area (Å²) in [5.41, 5.74) is 0. The number of nitrogens with zero attached hydrogens (tertiary/aromatic N) is 1. The van der Waals surface area contributed by atoms with Crippen molar-refractivity contribution in [2.75, 3.05) is 40.1 Å². The first-order chi connectivity index (χ1) is 7.86. The maximum Gasteiger partial charge on any atom is 0.147 e. The van der Waals surface area contributed by atoms with Crippen molar-refractivity contribution in [3.05, 3.63) is 0 Å². The Balaban J connectivity index is 1.59. The minimum absolute atomic E-state index is 0.350. The average Bonchev–Trinajstić information content (AvgIpc) is 2.33. The topological polar surface area (TPSA) is 33.7 Å². The van der Waals surface area contributed by atoms with Crippen molar-refractivity contribution >= 4 is 0 Å². The van der Waals surface area contributed by atoms with Crippen LogP contribution in [-0.2, 0) is 9.47 Å². The fourth-order valence-corrected chi connectivity index (χ4v) is 2.48. The molecular formula is C12H24N2O2. The smallest absolute Gasteiger partial charge is 0.147 e. The van der Waals surface area contributed by atoms with Crippen molar-refractivity contribution in [2.45, 2.75) is 37.8 Å². The lowest BCUT2D eigenvalue weighted by Crippen LogP contribution is -2.45. The van der Waals surface area contributed by atoms with Gasteiger partial charge in [-0.2, -0.15) is 0 Å². The van der Waals surface area contributed by atoms with Crippen LogP contribution < -0.4 is 5.32 Å². The second-order valence-electron chi connectivity index (χ2n) is 4.89. The highest BCUT2D eigenvalue weighted by molar-refractivity contribution is 4.77. The number of nitrogens with one attached hydrogen (secondary N) is 1. The molecule has 94 valence electrons. The highest BCUT2D eigenvalue weighted by Gasteiger charge is 2.19. The molecule has 2 atom stereocenters. The highest BCUT2D eigenvalue weighted by Crippen LogP contribution is 2.14. The Morgan fingerprint density at radius 3 is 2.94 bits per heavy atom. The summed E-state index contributed by atoms with van der Waals surface area (Å²) in [5, 5.41) is 3.53. The lowest BCUT2D eigenvalue weighted by molar-refractivity contribution is -0.137. The summed E-state index contributed by atoms with van der Waals surface area (Å²) in [7, 11) is 2.23. The van der Waals surface area contributed by atoms with Crippen LogP contribution in [0.2, 0.25) is 0 Å². The molecule has 0 aromatic carbocycles. The van der Waals surface area contributed by atoms with E-state index in [4.69, 9.17) is 9.47 Å². The first-order valence-corrected chi connectivity index (χ1v) is 6.46. The summed E-state index contributed by atoms with van der Waals surface area (Å²) in [5.74, 6) is 0. The molecule has 2 aliphatic heterocycles.